The van der Waals surface area contributed by atoms with Crippen LogP contribution < -0.4 is 9.47 Å². The molecule has 0 saturated carbocycles. The third-order valence-electron chi connectivity index (χ3n) is 3.10. The Morgan fingerprint density at radius 2 is 1.85 bits per heavy atom. The molecular weight excluding hydrogens is 256 g/mol. The molecule has 1 aliphatic rings. The zero-order chi connectivity index (χ0) is 13.4. The lowest BCUT2D eigenvalue weighted by molar-refractivity contribution is 0.174. The van der Waals surface area contributed by atoms with Crippen LogP contribution in [0.1, 0.15) is 0 Å². The Balaban J connectivity index is 1.82. The fourth-order valence-electron chi connectivity index (χ4n) is 2.16. The van der Waals surface area contributed by atoms with Gasteiger partial charge in [-0.25, -0.2) is 0 Å². The molecule has 1 aromatic carbocycles. The molecule has 98 valence electrons. The summed E-state index contributed by atoms with van der Waals surface area (Å²) in [6, 6.07) is 11.4. The van der Waals surface area contributed by atoms with E-state index in [2.05, 4.69) is 20.4 Å². The molecule has 0 bridgehead atoms. The number of hydrogen-bond acceptors (Lipinski definition) is 5. The normalized spacial score (nSPS) is 12.6. The van der Waals surface area contributed by atoms with Crippen molar-refractivity contribution >= 4 is 0 Å². The first-order chi connectivity index (χ1) is 9.92. The van der Waals surface area contributed by atoms with E-state index in [0.29, 0.717) is 5.69 Å². The molecule has 2 aromatic heterocycles. The molecule has 0 radical (unpaired) electrons. The Kier molecular flexibility index (Phi) is 2.38. The third-order valence-corrected chi connectivity index (χ3v) is 3.10. The van der Waals surface area contributed by atoms with Gasteiger partial charge in [0, 0.05) is 11.8 Å². The summed E-state index contributed by atoms with van der Waals surface area (Å²) in [6.45, 7) is 0.255. The molecule has 6 heteroatoms. The minimum Gasteiger partial charge on any atom is -0.454 e. The topological polar surface area (TPSA) is 72.9 Å². The average Bonchev–Trinajstić information content (AvgIpc) is 3.16. The zero-order valence-corrected chi connectivity index (χ0v) is 10.4. The lowest BCUT2D eigenvalue weighted by Crippen LogP contribution is -1.92. The number of H-pyrrole nitrogens is 1. The van der Waals surface area contributed by atoms with Crippen molar-refractivity contribution in [1.29, 1.82) is 0 Å². The zero-order valence-electron chi connectivity index (χ0n) is 10.4. The highest BCUT2D eigenvalue weighted by molar-refractivity contribution is 5.77. The maximum atomic E-state index is 5.39. The van der Waals surface area contributed by atoms with Gasteiger partial charge in [0.2, 0.25) is 6.79 Å². The highest BCUT2D eigenvalue weighted by atomic mass is 16.7. The minimum absolute atomic E-state index is 0.255. The number of aromatic amines is 1. The molecule has 0 saturated heterocycles. The smallest absolute Gasteiger partial charge is 0.231 e. The van der Waals surface area contributed by atoms with E-state index < -0.39 is 0 Å². The molecule has 0 atom stereocenters. The second-order valence-electron chi connectivity index (χ2n) is 4.30. The van der Waals surface area contributed by atoms with Gasteiger partial charge in [-0.2, -0.15) is 15.4 Å². The Morgan fingerprint density at radius 3 is 2.75 bits per heavy atom. The molecule has 0 unspecified atom stereocenters. The monoisotopic (exact) mass is 266 g/mol. The van der Waals surface area contributed by atoms with Crippen LogP contribution in [-0.4, -0.2) is 27.2 Å². The van der Waals surface area contributed by atoms with Crippen LogP contribution in [0.3, 0.4) is 0 Å². The number of rotatable bonds is 2. The fraction of sp³-hybridized carbons (Fsp3) is 0.0714. The van der Waals surface area contributed by atoms with Crippen molar-refractivity contribution in [1.82, 2.24) is 20.4 Å². The van der Waals surface area contributed by atoms with Gasteiger partial charge in [0.1, 0.15) is 11.4 Å². The molecule has 0 aliphatic carbocycles. The van der Waals surface area contributed by atoms with E-state index in [1.165, 1.54) is 0 Å². The number of pyridine rings is 1. The van der Waals surface area contributed by atoms with Crippen molar-refractivity contribution in [2.75, 3.05) is 6.79 Å². The van der Waals surface area contributed by atoms with E-state index in [-0.39, 0.29) is 6.79 Å². The molecule has 6 nitrogen and oxygen atoms in total. The van der Waals surface area contributed by atoms with E-state index in [4.69, 9.17) is 9.47 Å². The molecule has 0 spiro atoms. The summed E-state index contributed by atoms with van der Waals surface area (Å²) in [7, 11) is 0. The second kappa shape index (κ2) is 4.34. The maximum Gasteiger partial charge on any atom is 0.231 e. The number of nitrogens with zero attached hydrogens (tertiary/aromatic N) is 3. The van der Waals surface area contributed by atoms with Crippen molar-refractivity contribution in [2.45, 2.75) is 0 Å². The van der Waals surface area contributed by atoms with Crippen molar-refractivity contribution in [3.05, 3.63) is 42.6 Å². The van der Waals surface area contributed by atoms with E-state index in [1.807, 2.05) is 36.4 Å². The van der Waals surface area contributed by atoms with Crippen molar-refractivity contribution in [2.24, 2.45) is 0 Å². The standard InChI is InChI=1S/C14H10N4O2/c1-2-6-15-10(3-1)14-13(16-18-17-14)9-4-5-11-12(7-9)20-8-19-11/h1-7H,8H2,(H,16,17,18). The lowest BCUT2D eigenvalue weighted by atomic mass is 10.1. The number of hydrogen-bond donors (Lipinski definition) is 1. The Bertz CT molecular complexity index is 755. The summed E-state index contributed by atoms with van der Waals surface area (Å²) in [5.41, 5.74) is 3.13. The van der Waals surface area contributed by atoms with Gasteiger partial charge < -0.3 is 9.47 Å². The van der Waals surface area contributed by atoms with Crippen LogP contribution in [0.5, 0.6) is 11.5 Å². The number of benzene rings is 1. The lowest BCUT2D eigenvalue weighted by Gasteiger charge is -2.02. The maximum absolute atomic E-state index is 5.39. The molecule has 4 rings (SSSR count). The highest BCUT2D eigenvalue weighted by Crippen LogP contribution is 2.37. The third kappa shape index (κ3) is 1.70. The van der Waals surface area contributed by atoms with Gasteiger partial charge in [0.05, 0.1) is 5.69 Å². The second-order valence-corrected chi connectivity index (χ2v) is 4.30. The predicted molar refractivity (Wildman–Crippen MR) is 71.2 cm³/mol. The summed E-state index contributed by atoms with van der Waals surface area (Å²) in [5, 5.41) is 11.1. The molecule has 1 aliphatic heterocycles. The number of fused-ring (bicyclic) bond motifs is 1. The summed E-state index contributed by atoms with van der Waals surface area (Å²) >= 11 is 0. The summed E-state index contributed by atoms with van der Waals surface area (Å²) in [6.07, 6.45) is 1.73. The molecule has 0 fully saturated rings. The van der Waals surface area contributed by atoms with Gasteiger partial charge >= 0.3 is 0 Å². The highest BCUT2D eigenvalue weighted by Gasteiger charge is 2.18. The average molecular weight is 266 g/mol. The van der Waals surface area contributed by atoms with Crippen molar-refractivity contribution in [3.8, 4) is 34.1 Å². The van der Waals surface area contributed by atoms with Crippen LogP contribution in [0.25, 0.3) is 22.6 Å². The first kappa shape index (κ1) is 11.0. The first-order valence-electron chi connectivity index (χ1n) is 6.14. The van der Waals surface area contributed by atoms with E-state index >= 15 is 0 Å². The molecular formula is C14H10N4O2. The molecule has 3 aromatic rings. The number of nitrogens with one attached hydrogen (secondary N) is 1. The molecule has 3 heterocycles. The summed E-state index contributed by atoms with van der Waals surface area (Å²) in [4.78, 5) is 4.30. The predicted octanol–water partition coefficient (Wildman–Crippen LogP) is 2.26. The van der Waals surface area contributed by atoms with Crippen LogP contribution in [0.4, 0.5) is 0 Å². The van der Waals surface area contributed by atoms with Gasteiger partial charge in [-0.3, -0.25) is 4.98 Å². The Hall–Kier alpha value is -2.89. The fourth-order valence-corrected chi connectivity index (χ4v) is 2.16. The van der Waals surface area contributed by atoms with Crippen molar-refractivity contribution < 1.29 is 9.47 Å². The van der Waals surface area contributed by atoms with E-state index in [9.17, 15) is 0 Å². The number of ether oxygens (including phenoxy) is 2. The summed E-state index contributed by atoms with van der Waals surface area (Å²) < 4.78 is 10.7. The minimum atomic E-state index is 0.255. The van der Waals surface area contributed by atoms with Crippen LogP contribution in [-0.2, 0) is 0 Å². The van der Waals surface area contributed by atoms with Gasteiger partial charge in [0.15, 0.2) is 11.5 Å². The van der Waals surface area contributed by atoms with Gasteiger partial charge in [-0.15, -0.1) is 0 Å². The molecule has 0 amide bonds. The summed E-state index contributed by atoms with van der Waals surface area (Å²) in [5.74, 6) is 1.47. The molecule has 1 N–H and O–H groups in total. The van der Waals surface area contributed by atoms with Crippen LogP contribution in [0, 0.1) is 0 Å². The van der Waals surface area contributed by atoms with E-state index in [0.717, 1.165) is 28.5 Å². The van der Waals surface area contributed by atoms with Crippen molar-refractivity contribution in [3.63, 3.8) is 0 Å². The van der Waals surface area contributed by atoms with Crippen LogP contribution in [0.15, 0.2) is 42.6 Å². The quantitative estimate of drug-likeness (QED) is 0.770. The largest absolute Gasteiger partial charge is 0.454 e. The Labute approximate surface area is 114 Å². The van der Waals surface area contributed by atoms with Gasteiger partial charge in [-0.1, -0.05) is 6.07 Å². The SMILES string of the molecule is c1ccc(-c2n[nH]nc2-c2ccc3c(c2)OCO3)nc1. The van der Waals surface area contributed by atoms with E-state index in [1.54, 1.807) is 6.20 Å². The van der Waals surface area contributed by atoms with Gasteiger partial charge in [0.25, 0.3) is 0 Å². The van der Waals surface area contributed by atoms with Gasteiger partial charge in [-0.05, 0) is 30.3 Å². The van der Waals surface area contributed by atoms with Crippen LogP contribution >= 0.6 is 0 Å². The van der Waals surface area contributed by atoms with Crippen LogP contribution in [0.2, 0.25) is 0 Å². The Morgan fingerprint density at radius 1 is 0.950 bits per heavy atom. The molecule has 20 heavy (non-hydrogen) atoms. The number of aromatic nitrogens is 4. The first-order valence-corrected chi connectivity index (χ1v) is 6.14.